The molecule has 162 valence electrons. The number of hydrogen-bond donors (Lipinski definition) is 2. The minimum absolute atomic E-state index is 0.0273. The number of ether oxygens (including phenoxy) is 1. The minimum atomic E-state index is -0.154. The molecule has 0 spiro atoms. The molecule has 0 radical (unpaired) electrons. The van der Waals surface area contributed by atoms with Crippen molar-refractivity contribution < 1.29 is 14.3 Å². The monoisotopic (exact) mass is 419 g/mol. The summed E-state index contributed by atoms with van der Waals surface area (Å²) in [5.74, 6) is 0.789. The molecule has 4 rings (SSSR count). The van der Waals surface area contributed by atoms with Crippen molar-refractivity contribution in [3.05, 3.63) is 65.9 Å². The molecular weight excluding hydrogens is 390 g/mol. The van der Waals surface area contributed by atoms with Crippen LogP contribution in [0.3, 0.4) is 0 Å². The van der Waals surface area contributed by atoms with Crippen molar-refractivity contribution in [2.75, 3.05) is 26.7 Å². The maximum atomic E-state index is 12.9. The molecule has 6 heteroatoms. The molecule has 1 fully saturated rings. The maximum absolute atomic E-state index is 12.9. The average Bonchev–Trinajstić information content (AvgIpc) is 3.22. The standard InChI is InChI=1S/C25H29N3O3/c1-31-23-11-5-2-7-18(23)12-13-26-25(30)19-8-6-14-28(17-19)24(29)15-20-16-27-22-10-4-3-9-21(20)22/h2-5,7,9-11,16,19,27H,6,8,12-15,17H2,1H3,(H,26,30). The van der Waals surface area contributed by atoms with E-state index >= 15 is 0 Å². The van der Waals surface area contributed by atoms with E-state index < -0.39 is 0 Å². The molecule has 0 saturated carbocycles. The molecule has 3 aromatic rings. The Labute approximate surface area is 182 Å². The molecule has 2 N–H and O–H groups in total. The number of carbonyl (C=O) groups is 2. The van der Waals surface area contributed by atoms with E-state index in [1.54, 1.807) is 7.11 Å². The normalized spacial score (nSPS) is 16.3. The zero-order valence-corrected chi connectivity index (χ0v) is 17.9. The average molecular weight is 420 g/mol. The molecule has 2 heterocycles. The Morgan fingerprint density at radius 1 is 1.13 bits per heavy atom. The van der Waals surface area contributed by atoms with Gasteiger partial charge in [0.05, 0.1) is 19.4 Å². The second-order valence-corrected chi connectivity index (χ2v) is 8.07. The minimum Gasteiger partial charge on any atom is -0.496 e. The van der Waals surface area contributed by atoms with Gasteiger partial charge in [-0.05, 0) is 42.5 Å². The van der Waals surface area contributed by atoms with E-state index in [2.05, 4.69) is 10.3 Å². The number of aromatic nitrogens is 1. The molecule has 1 unspecified atom stereocenters. The van der Waals surface area contributed by atoms with Crippen LogP contribution in [0, 0.1) is 5.92 Å². The van der Waals surface area contributed by atoms with E-state index in [1.165, 1.54) is 0 Å². The van der Waals surface area contributed by atoms with Gasteiger partial charge in [0.25, 0.3) is 0 Å². The van der Waals surface area contributed by atoms with Gasteiger partial charge in [0.1, 0.15) is 5.75 Å². The fourth-order valence-corrected chi connectivity index (χ4v) is 4.34. The van der Waals surface area contributed by atoms with Gasteiger partial charge in [-0.1, -0.05) is 36.4 Å². The SMILES string of the molecule is COc1ccccc1CCNC(=O)C1CCCN(C(=O)Cc2c[nH]c3ccccc23)C1. The van der Waals surface area contributed by atoms with E-state index in [0.717, 1.165) is 40.6 Å². The Morgan fingerprint density at radius 3 is 2.81 bits per heavy atom. The lowest BCUT2D eigenvalue weighted by Crippen LogP contribution is -2.46. The number of methoxy groups -OCH3 is 1. The zero-order valence-electron chi connectivity index (χ0n) is 17.9. The predicted molar refractivity (Wildman–Crippen MR) is 121 cm³/mol. The summed E-state index contributed by atoms with van der Waals surface area (Å²) in [5.41, 5.74) is 3.12. The number of piperidine rings is 1. The zero-order chi connectivity index (χ0) is 21.6. The Balaban J connectivity index is 1.30. The van der Waals surface area contributed by atoms with Crippen LogP contribution in [0.15, 0.2) is 54.7 Å². The fourth-order valence-electron chi connectivity index (χ4n) is 4.34. The summed E-state index contributed by atoms with van der Waals surface area (Å²) in [5, 5.41) is 4.13. The largest absolute Gasteiger partial charge is 0.496 e. The van der Waals surface area contributed by atoms with Gasteiger partial charge in [0, 0.05) is 36.7 Å². The number of para-hydroxylation sites is 2. The predicted octanol–water partition coefficient (Wildman–Crippen LogP) is 3.32. The number of H-pyrrole nitrogens is 1. The van der Waals surface area contributed by atoms with Gasteiger partial charge in [0.2, 0.25) is 11.8 Å². The molecular formula is C25H29N3O3. The summed E-state index contributed by atoms with van der Waals surface area (Å²) in [4.78, 5) is 30.7. The van der Waals surface area contributed by atoms with E-state index in [0.29, 0.717) is 32.5 Å². The third-order valence-corrected chi connectivity index (χ3v) is 6.05. The first-order chi connectivity index (χ1) is 15.2. The number of benzene rings is 2. The van der Waals surface area contributed by atoms with Crippen molar-refractivity contribution in [2.45, 2.75) is 25.7 Å². The molecule has 0 bridgehead atoms. The van der Waals surface area contributed by atoms with Crippen LogP contribution >= 0.6 is 0 Å². The van der Waals surface area contributed by atoms with Crippen LogP contribution in [0.25, 0.3) is 10.9 Å². The smallest absolute Gasteiger partial charge is 0.227 e. The summed E-state index contributed by atoms with van der Waals surface area (Å²) in [7, 11) is 1.65. The Bertz CT molecular complexity index is 1060. The Hall–Kier alpha value is -3.28. The van der Waals surface area contributed by atoms with Crippen LogP contribution in [-0.2, 0) is 22.4 Å². The molecule has 2 aromatic carbocycles. The van der Waals surface area contributed by atoms with Crippen LogP contribution in [0.4, 0.5) is 0 Å². The number of nitrogens with one attached hydrogen (secondary N) is 2. The Kier molecular flexibility index (Phi) is 6.55. The van der Waals surface area contributed by atoms with E-state index in [4.69, 9.17) is 4.74 Å². The number of carbonyl (C=O) groups excluding carboxylic acids is 2. The van der Waals surface area contributed by atoms with Crippen LogP contribution in [0.5, 0.6) is 5.75 Å². The number of likely N-dealkylation sites (tertiary alicyclic amines) is 1. The molecule has 0 aliphatic carbocycles. The second-order valence-electron chi connectivity index (χ2n) is 8.07. The Morgan fingerprint density at radius 2 is 1.94 bits per heavy atom. The van der Waals surface area contributed by atoms with Gasteiger partial charge in [-0.15, -0.1) is 0 Å². The lowest BCUT2D eigenvalue weighted by molar-refractivity contribution is -0.135. The van der Waals surface area contributed by atoms with Crippen molar-refractivity contribution in [1.82, 2.24) is 15.2 Å². The third-order valence-electron chi connectivity index (χ3n) is 6.05. The van der Waals surface area contributed by atoms with Gasteiger partial charge >= 0.3 is 0 Å². The van der Waals surface area contributed by atoms with Crippen molar-refractivity contribution >= 4 is 22.7 Å². The van der Waals surface area contributed by atoms with Crippen LogP contribution < -0.4 is 10.1 Å². The van der Waals surface area contributed by atoms with Crippen molar-refractivity contribution in [3.63, 3.8) is 0 Å². The topological polar surface area (TPSA) is 74.4 Å². The lowest BCUT2D eigenvalue weighted by Gasteiger charge is -2.32. The summed E-state index contributed by atoms with van der Waals surface area (Å²) in [6, 6.07) is 15.8. The highest BCUT2D eigenvalue weighted by Crippen LogP contribution is 2.22. The van der Waals surface area contributed by atoms with E-state index in [1.807, 2.05) is 59.6 Å². The summed E-state index contributed by atoms with van der Waals surface area (Å²) < 4.78 is 5.37. The van der Waals surface area contributed by atoms with Gasteiger partial charge < -0.3 is 19.9 Å². The van der Waals surface area contributed by atoms with Crippen LogP contribution in [0.1, 0.15) is 24.0 Å². The molecule has 1 saturated heterocycles. The lowest BCUT2D eigenvalue weighted by atomic mass is 9.96. The summed E-state index contributed by atoms with van der Waals surface area (Å²) in [6.07, 6.45) is 4.65. The first kappa shape index (κ1) is 21.0. The van der Waals surface area contributed by atoms with Crippen LogP contribution in [0.2, 0.25) is 0 Å². The number of nitrogens with zero attached hydrogens (tertiary/aromatic N) is 1. The third kappa shape index (κ3) is 4.90. The number of fused-ring (bicyclic) bond motifs is 1. The van der Waals surface area contributed by atoms with Gasteiger partial charge in [-0.25, -0.2) is 0 Å². The molecule has 1 aliphatic heterocycles. The van der Waals surface area contributed by atoms with Crippen molar-refractivity contribution in [3.8, 4) is 5.75 Å². The second kappa shape index (κ2) is 9.69. The number of amides is 2. The summed E-state index contributed by atoms with van der Waals surface area (Å²) >= 11 is 0. The summed E-state index contributed by atoms with van der Waals surface area (Å²) in [6.45, 7) is 1.76. The first-order valence-electron chi connectivity index (χ1n) is 10.9. The molecule has 1 aliphatic rings. The maximum Gasteiger partial charge on any atom is 0.227 e. The van der Waals surface area contributed by atoms with Crippen molar-refractivity contribution in [2.24, 2.45) is 5.92 Å². The van der Waals surface area contributed by atoms with Gasteiger partial charge in [-0.2, -0.15) is 0 Å². The van der Waals surface area contributed by atoms with Crippen LogP contribution in [-0.4, -0.2) is 48.4 Å². The quantitative estimate of drug-likeness (QED) is 0.617. The van der Waals surface area contributed by atoms with Gasteiger partial charge in [0.15, 0.2) is 0 Å². The highest BCUT2D eigenvalue weighted by molar-refractivity contribution is 5.89. The highest BCUT2D eigenvalue weighted by Gasteiger charge is 2.28. The molecule has 2 amide bonds. The number of aromatic amines is 1. The molecule has 6 nitrogen and oxygen atoms in total. The van der Waals surface area contributed by atoms with Crippen molar-refractivity contribution in [1.29, 1.82) is 0 Å². The van der Waals surface area contributed by atoms with Gasteiger partial charge in [-0.3, -0.25) is 9.59 Å². The molecule has 1 atom stereocenters. The first-order valence-corrected chi connectivity index (χ1v) is 10.9. The number of rotatable bonds is 7. The van der Waals surface area contributed by atoms with E-state index in [9.17, 15) is 9.59 Å². The molecule has 31 heavy (non-hydrogen) atoms. The van der Waals surface area contributed by atoms with E-state index in [-0.39, 0.29) is 17.7 Å². The molecule has 1 aromatic heterocycles. The fraction of sp³-hybridized carbons (Fsp3) is 0.360. The number of hydrogen-bond acceptors (Lipinski definition) is 3. The highest BCUT2D eigenvalue weighted by atomic mass is 16.5.